The lowest BCUT2D eigenvalue weighted by Gasteiger charge is -2.20. The van der Waals surface area contributed by atoms with E-state index in [4.69, 9.17) is 11.6 Å². The molecule has 0 spiro atoms. The zero-order valence-electron chi connectivity index (χ0n) is 11.0. The van der Waals surface area contributed by atoms with Gasteiger partial charge in [-0.1, -0.05) is 23.7 Å². The molecule has 106 valence electrons. The molecule has 0 amide bonds. The summed E-state index contributed by atoms with van der Waals surface area (Å²) in [6, 6.07) is 7.51. The molecule has 2 rings (SSSR count). The van der Waals surface area contributed by atoms with Gasteiger partial charge in [-0.15, -0.1) is 0 Å². The van der Waals surface area contributed by atoms with Crippen LogP contribution in [0.1, 0.15) is 22.7 Å². The average Bonchev–Trinajstić information content (AvgIpc) is 2.42. The van der Waals surface area contributed by atoms with Gasteiger partial charge < -0.3 is 5.32 Å². The molecule has 1 nitrogen and oxygen atoms in total. The first-order valence-electron chi connectivity index (χ1n) is 6.02. The SMILES string of the molecule is CNC(c1ccc(I)c(Cl)c1)c1c(F)ccc(C)c1F. The van der Waals surface area contributed by atoms with Gasteiger partial charge in [-0.3, -0.25) is 0 Å². The van der Waals surface area contributed by atoms with Crippen LogP contribution in [0, 0.1) is 22.1 Å². The summed E-state index contributed by atoms with van der Waals surface area (Å²) in [5.74, 6) is -1.10. The van der Waals surface area contributed by atoms with Gasteiger partial charge >= 0.3 is 0 Å². The van der Waals surface area contributed by atoms with Gasteiger partial charge in [0.2, 0.25) is 0 Å². The molecule has 5 heteroatoms. The summed E-state index contributed by atoms with van der Waals surface area (Å²) < 4.78 is 29.2. The fourth-order valence-electron chi connectivity index (χ4n) is 2.11. The molecule has 2 aromatic carbocycles. The van der Waals surface area contributed by atoms with Crippen LogP contribution >= 0.6 is 34.2 Å². The Morgan fingerprint density at radius 2 is 1.90 bits per heavy atom. The van der Waals surface area contributed by atoms with Gasteiger partial charge in [0.15, 0.2) is 0 Å². The summed E-state index contributed by atoms with van der Waals surface area (Å²) >= 11 is 8.20. The summed E-state index contributed by atoms with van der Waals surface area (Å²) in [5, 5.41) is 3.52. The molecule has 1 N–H and O–H groups in total. The Morgan fingerprint density at radius 1 is 1.20 bits per heavy atom. The van der Waals surface area contributed by atoms with Gasteiger partial charge in [-0.05, 0) is 65.9 Å². The monoisotopic (exact) mass is 407 g/mol. The van der Waals surface area contributed by atoms with E-state index < -0.39 is 17.7 Å². The number of rotatable bonds is 3. The summed E-state index contributed by atoms with van der Waals surface area (Å²) in [5.41, 5.74) is 1.16. The average molecular weight is 408 g/mol. The summed E-state index contributed by atoms with van der Waals surface area (Å²) in [7, 11) is 1.66. The van der Waals surface area contributed by atoms with Gasteiger partial charge in [0, 0.05) is 9.13 Å². The molecule has 2 aromatic rings. The highest BCUT2D eigenvalue weighted by Crippen LogP contribution is 2.31. The van der Waals surface area contributed by atoms with Crippen LogP contribution < -0.4 is 5.32 Å². The van der Waals surface area contributed by atoms with Crippen LogP contribution in [0.4, 0.5) is 8.78 Å². The molecule has 0 aliphatic rings. The van der Waals surface area contributed by atoms with Gasteiger partial charge in [0.25, 0.3) is 0 Å². The standard InChI is InChI=1S/C15H13ClF2IN/c1-8-3-5-11(17)13(14(8)18)15(20-2)9-4-6-12(19)10(16)7-9/h3-7,15,20H,1-2H3. The number of nitrogens with one attached hydrogen (secondary N) is 1. The van der Waals surface area contributed by atoms with Crippen LogP contribution in [0.2, 0.25) is 5.02 Å². The Balaban J connectivity index is 2.58. The van der Waals surface area contributed by atoms with Crippen LogP contribution in [0.15, 0.2) is 30.3 Å². The molecule has 20 heavy (non-hydrogen) atoms. The molecular weight excluding hydrogens is 395 g/mol. The Labute approximate surface area is 135 Å². The molecule has 0 fully saturated rings. The second-order valence-electron chi connectivity index (χ2n) is 4.49. The zero-order valence-corrected chi connectivity index (χ0v) is 13.9. The second-order valence-corrected chi connectivity index (χ2v) is 6.06. The molecule has 1 unspecified atom stereocenters. The van der Waals surface area contributed by atoms with Crippen molar-refractivity contribution in [2.75, 3.05) is 7.05 Å². The third kappa shape index (κ3) is 2.97. The van der Waals surface area contributed by atoms with Gasteiger partial charge in [-0.2, -0.15) is 0 Å². The molecule has 0 bridgehead atoms. The molecule has 0 aromatic heterocycles. The fraction of sp³-hybridized carbons (Fsp3) is 0.200. The van der Waals surface area contributed by atoms with Gasteiger partial charge in [0.05, 0.1) is 11.1 Å². The van der Waals surface area contributed by atoms with E-state index in [9.17, 15) is 8.78 Å². The van der Waals surface area contributed by atoms with Crippen molar-refractivity contribution in [1.82, 2.24) is 5.32 Å². The zero-order chi connectivity index (χ0) is 14.9. The van der Waals surface area contributed by atoms with E-state index >= 15 is 0 Å². The van der Waals surface area contributed by atoms with Crippen LogP contribution in [-0.4, -0.2) is 7.05 Å². The maximum atomic E-state index is 14.3. The van der Waals surface area contributed by atoms with E-state index in [1.165, 1.54) is 12.1 Å². The van der Waals surface area contributed by atoms with Crippen LogP contribution in [-0.2, 0) is 0 Å². The molecule has 0 aliphatic heterocycles. The molecule has 0 heterocycles. The lowest BCUT2D eigenvalue weighted by Crippen LogP contribution is -2.21. The highest BCUT2D eigenvalue weighted by Gasteiger charge is 2.22. The van der Waals surface area contributed by atoms with Crippen LogP contribution in [0.5, 0.6) is 0 Å². The van der Waals surface area contributed by atoms with Crippen molar-refractivity contribution in [3.05, 3.63) is 67.2 Å². The van der Waals surface area contributed by atoms with Crippen molar-refractivity contribution in [2.24, 2.45) is 0 Å². The largest absolute Gasteiger partial charge is 0.309 e. The quantitative estimate of drug-likeness (QED) is 0.718. The molecule has 0 saturated heterocycles. The normalized spacial score (nSPS) is 12.5. The third-order valence-corrected chi connectivity index (χ3v) is 4.75. The maximum absolute atomic E-state index is 14.3. The molecule has 0 radical (unpaired) electrons. The number of aryl methyl sites for hydroxylation is 1. The van der Waals surface area contributed by atoms with Crippen LogP contribution in [0.3, 0.4) is 0 Å². The molecule has 0 saturated carbocycles. The maximum Gasteiger partial charge on any atom is 0.134 e. The van der Waals surface area contributed by atoms with Crippen molar-refractivity contribution in [1.29, 1.82) is 0 Å². The van der Waals surface area contributed by atoms with E-state index in [1.54, 1.807) is 20.0 Å². The first-order chi connectivity index (χ1) is 9.45. The molecule has 1 atom stereocenters. The van der Waals surface area contributed by atoms with E-state index in [0.717, 1.165) is 9.13 Å². The Kier molecular flexibility index (Phi) is 4.99. The first kappa shape index (κ1) is 15.7. The minimum atomic E-state index is -0.579. The summed E-state index contributed by atoms with van der Waals surface area (Å²) in [6.45, 7) is 1.62. The van der Waals surface area contributed by atoms with Crippen molar-refractivity contribution in [3.63, 3.8) is 0 Å². The summed E-state index contributed by atoms with van der Waals surface area (Å²) in [4.78, 5) is 0. The van der Waals surface area contributed by atoms with Crippen molar-refractivity contribution >= 4 is 34.2 Å². The highest BCUT2D eigenvalue weighted by atomic mass is 127. The van der Waals surface area contributed by atoms with Crippen molar-refractivity contribution in [3.8, 4) is 0 Å². The third-order valence-electron chi connectivity index (χ3n) is 3.17. The number of hydrogen-bond donors (Lipinski definition) is 1. The van der Waals surface area contributed by atoms with E-state index in [2.05, 4.69) is 27.9 Å². The number of hydrogen-bond acceptors (Lipinski definition) is 1. The predicted octanol–water partition coefficient (Wildman–Crippen LogP) is 4.84. The number of benzene rings is 2. The highest BCUT2D eigenvalue weighted by molar-refractivity contribution is 14.1. The Hall–Kier alpha value is -0.720. The Morgan fingerprint density at radius 3 is 2.50 bits per heavy atom. The lowest BCUT2D eigenvalue weighted by molar-refractivity contribution is 0.517. The van der Waals surface area contributed by atoms with Crippen LogP contribution in [0.25, 0.3) is 0 Å². The van der Waals surface area contributed by atoms with E-state index in [-0.39, 0.29) is 5.56 Å². The minimum absolute atomic E-state index is 0.0183. The Bertz CT molecular complexity index is 646. The molecule has 0 aliphatic carbocycles. The lowest BCUT2D eigenvalue weighted by atomic mass is 9.96. The van der Waals surface area contributed by atoms with E-state index in [0.29, 0.717) is 10.6 Å². The summed E-state index contributed by atoms with van der Waals surface area (Å²) in [6.07, 6.45) is 0. The topological polar surface area (TPSA) is 12.0 Å². The second kappa shape index (κ2) is 6.37. The molecular formula is C15H13ClF2IN. The smallest absolute Gasteiger partial charge is 0.134 e. The predicted molar refractivity (Wildman–Crippen MR) is 86.2 cm³/mol. The van der Waals surface area contributed by atoms with Crippen molar-refractivity contribution < 1.29 is 8.78 Å². The first-order valence-corrected chi connectivity index (χ1v) is 7.48. The number of halogens is 4. The van der Waals surface area contributed by atoms with Gasteiger partial charge in [0.1, 0.15) is 11.6 Å². The minimum Gasteiger partial charge on any atom is -0.309 e. The van der Waals surface area contributed by atoms with Gasteiger partial charge in [-0.25, -0.2) is 8.78 Å². The fourth-order valence-corrected chi connectivity index (χ4v) is 2.64. The van der Waals surface area contributed by atoms with Crippen molar-refractivity contribution in [2.45, 2.75) is 13.0 Å². The van der Waals surface area contributed by atoms with E-state index in [1.807, 2.05) is 12.1 Å².